The highest BCUT2D eigenvalue weighted by atomic mass is 32.1. The van der Waals surface area contributed by atoms with E-state index in [2.05, 4.69) is 4.98 Å². The highest BCUT2D eigenvalue weighted by Crippen LogP contribution is 2.34. The number of aryl methyl sites for hydroxylation is 1. The maximum atomic E-state index is 12.5. The molecule has 0 aromatic carbocycles. The van der Waals surface area contributed by atoms with Gasteiger partial charge in [-0.15, -0.1) is 22.7 Å². The molecule has 0 saturated carbocycles. The fourth-order valence-electron chi connectivity index (χ4n) is 2.40. The molecule has 1 aliphatic heterocycles. The van der Waals surface area contributed by atoms with Gasteiger partial charge in [0.2, 0.25) is 0 Å². The zero-order valence-electron chi connectivity index (χ0n) is 10.7. The van der Waals surface area contributed by atoms with E-state index in [9.17, 15) is 14.7 Å². The molecule has 1 aliphatic rings. The highest BCUT2D eigenvalue weighted by molar-refractivity contribution is 7.13. The van der Waals surface area contributed by atoms with Crippen LogP contribution in [0.2, 0.25) is 0 Å². The Labute approximate surface area is 123 Å². The first-order chi connectivity index (χ1) is 9.58. The summed E-state index contributed by atoms with van der Waals surface area (Å²) < 4.78 is 0. The Kier molecular flexibility index (Phi) is 3.31. The van der Waals surface area contributed by atoms with Crippen molar-refractivity contribution in [3.05, 3.63) is 38.0 Å². The van der Waals surface area contributed by atoms with E-state index in [1.54, 1.807) is 17.4 Å². The second-order valence-corrected chi connectivity index (χ2v) is 6.77. The first kappa shape index (κ1) is 13.3. The van der Waals surface area contributed by atoms with Gasteiger partial charge in [-0.05, 0) is 30.4 Å². The van der Waals surface area contributed by atoms with Crippen LogP contribution in [-0.2, 0) is 11.2 Å². The monoisotopic (exact) mass is 308 g/mol. The second kappa shape index (κ2) is 4.99. The number of aromatic nitrogens is 1. The van der Waals surface area contributed by atoms with Gasteiger partial charge in [0.15, 0.2) is 6.04 Å². The minimum atomic E-state index is -0.987. The summed E-state index contributed by atoms with van der Waals surface area (Å²) in [6.45, 7) is 2.25. The lowest BCUT2D eigenvalue weighted by Crippen LogP contribution is -2.42. The van der Waals surface area contributed by atoms with Crippen LogP contribution < -0.4 is 0 Å². The third-order valence-corrected chi connectivity index (χ3v) is 5.19. The van der Waals surface area contributed by atoms with E-state index in [-0.39, 0.29) is 5.91 Å². The van der Waals surface area contributed by atoms with E-state index in [1.807, 2.05) is 12.3 Å². The lowest BCUT2D eigenvalue weighted by molar-refractivity contribution is -0.142. The van der Waals surface area contributed by atoms with Crippen LogP contribution in [0, 0.1) is 6.92 Å². The van der Waals surface area contributed by atoms with Gasteiger partial charge in [-0.25, -0.2) is 9.78 Å². The van der Waals surface area contributed by atoms with E-state index in [0.29, 0.717) is 17.8 Å². The molecule has 3 heterocycles. The Balaban J connectivity index is 1.97. The summed E-state index contributed by atoms with van der Waals surface area (Å²) >= 11 is 2.84. The quantitative estimate of drug-likeness (QED) is 0.924. The number of nitrogens with zero attached hydrogens (tertiary/aromatic N) is 2. The van der Waals surface area contributed by atoms with E-state index >= 15 is 0 Å². The first-order valence-electron chi connectivity index (χ1n) is 6.10. The second-order valence-electron chi connectivity index (χ2n) is 4.53. The molecule has 0 aliphatic carbocycles. The molecule has 7 heteroatoms. The molecular formula is C13H12N2O3S2. The summed E-state index contributed by atoms with van der Waals surface area (Å²) in [6, 6.07) is 0.913. The predicted molar refractivity (Wildman–Crippen MR) is 76.3 cm³/mol. The van der Waals surface area contributed by atoms with Crippen LogP contribution >= 0.6 is 22.7 Å². The van der Waals surface area contributed by atoms with Gasteiger partial charge in [-0.3, -0.25) is 4.79 Å². The summed E-state index contributed by atoms with van der Waals surface area (Å²) in [5.74, 6) is -1.24. The van der Waals surface area contributed by atoms with Crippen molar-refractivity contribution in [1.29, 1.82) is 0 Å². The highest BCUT2D eigenvalue weighted by Gasteiger charge is 2.37. The standard InChI is InChI=1S/C13H12N2O3S2/c1-7-14-6-10(20-7)12(16)15-4-2-9-8(3-5-19-9)11(15)13(17)18/h3,5-6,11H,2,4H2,1H3,(H,17,18). The molecule has 1 N–H and O–H groups in total. The number of fused-ring (bicyclic) bond motifs is 1. The molecule has 3 rings (SSSR count). The fraction of sp³-hybridized carbons (Fsp3) is 0.308. The van der Waals surface area contributed by atoms with Crippen molar-refractivity contribution in [3.8, 4) is 0 Å². The summed E-state index contributed by atoms with van der Waals surface area (Å²) in [4.78, 5) is 31.1. The molecule has 104 valence electrons. The average Bonchev–Trinajstić information content (AvgIpc) is 3.04. The summed E-state index contributed by atoms with van der Waals surface area (Å²) in [5, 5.41) is 12.2. The lowest BCUT2D eigenvalue weighted by atomic mass is 10.00. The van der Waals surface area contributed by atoms with Crippen molar-refractivity contribution < 1.29 is 14.7 Å². The van der Waals surface area contributed by atoms with Gasteiger partial charge in [0.25, 0.3) is 5.91 Å². The first-order valence-corrected chi connectivity index (χ1v) is 7.80. The molecule has 0 bridgehead atoms. The Morgan fingerprint density at radius 1 is 1.50 bits per heavy atom. The van der Waals surface area contributed by atoms with Gasteiger partial charge in [0.05, 0.1) is 11.2 Å². The number of thiazole rings is 1. The predicted octanol–water partition coefficient (Wildman–Crippen LogP) is 2.34. The largest absolute Gasteiger partial charge is 0.479 e. The number of carboxylic acid groups (broad SMARTS) is 1. The molecule has 1 amide bonds. The third-order valence-electron chi connectivity index (χ3n) is 3.29. The van der Waals surface area contributed by atoms with Crippen LogP contribution in [0.4, 0.5) is 0 Å². The Hall–Kier alpha value is -1.73. The van der Waals surface area contributed by atoms with Crippen LogP contribution in [0.3, 0.4) is 0 Å². The van der Waals surface area contributed by atoms with Crippen LogP contribution in [-0.4, -0.2) is 33.4 Å². The number of hydrogen-bond donors (Lipinski definition) is 1. The number of carbonyl (C=O) groups is 2. The summed E-state index contributed by atoms with van der Waals surface area (Å²) in [7, 11) is 0. The van der Waals surface area contributed by atoms with Crippen LogP contribution in [0.25, 0.3) is 0 Å². The van der Waals surface area contributed by atoms with E-state index < -0.39 is 12.0 Å². The zero-order chi connectivity index (χ0) is 14.3. The Bertz CT molecular complexity index is 677. The van der Waals surface area contributed by atoms with E-state index in [0.717, 1.165) is 15.4 Å². The van der Waals surface area contributed by atoms with Crippen molar-refractivity contribution in [2.45, 2.75) is 19.4 Å². The lowest BCUT2D eigenvalue weighted by Gasteiger charge is -2.32. The number of amides is 1. The van der Waals surface area contributed by atoms with Gasteiger partial charge >= 0.3 is 5.97 Å². The van der Waals surface area contributed by atoms with Crippen LogP contribution in [0.5, 0.6) is 0 Å². The number of rotatable bonds is 2. The number of carbonyl (C=O) groups excluding carboxylic acids is 1. The molecule has 0 fully saturated rings. The van der Waals surface area contributed by atoms with Crippen molar-refractivity contribution in [2.75, 3.05) is 6.54 Å². The maximum Gasteiger partial charge on any atom is 0.331 e. The van der Waals surface area contributed by atoms with E-state index in [4.69, 9.17) is 0 Å². The molecule has 20 heavy (non-hydrogen) atoms. The third kappa shape index (κ3) is 2.12. The van der Waals surface area contributed by atoms with Gasteiger partial charge < -0.3 is 10.0 Å². The molecule has 0 spiro atoms. The molecule has 2 aromatic heterocycles. The molecule has 1 atom stereocenters. The SMILES string of the molecule is Cc1ncc(C(=O)N2CCc3sccc3C2C(=O)O)s1. The smallest absolute Gasteiger partial charge is 0.331 e. The van der Waals surface area contributed by atoms with Crippen LogP contribution in [0.15, 0.2) is 17.6 Å². The Morgan fingerprint density at radius 3 is 2.95 bits per heavy atom. The van der Waals surface area contributed by atoms with Crippen molar-refractivity contribution in [3.63, 3.8) is 0 Å². The van der Waals surface area contributed by atoms with Crippen molar-refractivity contribution >= 4 is 34.6 Å². The normalized spacial score (nSPS) is 17.9. The molecule has 2 aromatic rings. The minimum absolute atomic E-state index is 0.250. The summed E-state index contributed by atoms with van der Waals surface area (Å²) in [6.07, 6.45) is 2.23. The Morgan fingerprint density at radius 2 is 2.30 bits per heavy atom. The van der Waals surface area contributed by atoms with Crippen molar-refractivity contribution in [1.82, 2.24) is 9.88 Å². The number of carboxylic acids is 1. The maximum absolute atomic E-state index is 12.5. The topological polar surface area (TPSA) is 70.5 Å². The molecular weight excluding hydrogens is 296 g/mol. The minimum Gasteiger partial charge on any atom is -0.479 e. The number of aliphatic carboxylic acids is 1. The zero-order valence-corrected chi connectivity index (χ0v) is 12.3. The molecule has 0 radical (unpaired) electrons. The molecule has 0 saturated heterocycles. The van der Waals surface area contributed by atoms with Gasteiger partial charge in [-0.1, -0.05) is 0 Å². The molecule has 1 unspecified atom stereocenters. The van der Waals surface area contributed by atoms with Gasteiger partial charge in [0, 0.05) is 11.4 Å². The van der Waals surface area contributed by atoms with Crippen LogP contribution in [0.1, 0.15) is 31.2 Å². The van der Waals surface area contributed by atoms with Crippen molar-refractivity contribution in [2.24, 2.45) is 0 Å². The number of thiophene rings is 1. The van der Waals surface area contributed by atoms with Gasteiger partial charge in [-0.2, -0.15) is 0 Å². The molecule has 5 nitrogen and oxygen atoms in total. The van der Waals surface area contributed by atoms with Gasteiger partial charge in [0.1, 0.15) is 4.88 Å². The summed E-state index contributed by atoms with van der Waals surface area (Å²) in [5.41, 5.74) is 0.739. The fourth-order valence-corrected chi connectivity index (χ4v) is 4.04. The van der Waals surface area contributed by atoms with E-state index in [1.165, 1.54) is 22.4 Å². The average molecular weight is 308 g/mol. The number of hydrogen-bond acceptors (Lipinski definition) is 5.